The van der Waals surface area contributed by atoms with Crippen molar-refractivity contribution < 1.29 is 23.0 Å². The lowest BCUT2D eigenvalue weighted by atomic mass is 10.1. The Morgan fingerprint density at radius 1 is 1.33 bits per heavy atom. The third-order valence-corrected chi connectivity index (χ3v) is 4.76. The van der Waals surface area contributed by atoms with E-state index >= 15 is 0 Å². The monoisotopic (exact) mass is 315 g/mol. The van der Waals surface area contributed by atoms with Crippen molar-refractivity contribution in [2.45, 2.75) is 32.3 Å². The highest BCUT2D eigenvalue weighted by atomic mass is 32.2. The van der Waals surface area contributed by atoms with Crippen LogP contribution in [-0.2, 0) is 10.0 Å². The summed E-state index contributed by atoms with van der Waals surface area (Å²) in [5.74, 6) is 1.39. The van der Waals surface area contributed by atoms with E-state index in [1.54, 1.807) is 18.2 Å². The van der Waals surface area contributed by atoms with Crippen molar-refractivity contribution in [1.29, 1.82) is 0 Å². The van der Waals surface area contributed by atoms with Crippen molar-refractivity contribution in [2.24, 2.45) is 0 Å². The van der Waals surface area contributed by atoms with Gasteiger partial charge in [0.2, 0.25) is 16.8 Å². The molecule has 0 bridgehead atoms. The first-order valence-electron chi connectivity index (χ1n) is 7.07. The molecular formula is C14H21NO5S. The molecule has 1 unspecified atom stereocenters. The molecule has 1 aromatic rings. The van der Waals surface area contributed by atoms with Gasteiger partial charge in [0.25, 0.3) is 0 Å². The SMILES string of the molecule is CCCCS(=O)(=O)NCCC(O)c1ccc2c(c1)OCO2. The van der Waals surface area contributed by atoms with Gasteiger partial charge in [0.05, 0.1) is 11.9 Å². The molecular weight excluding hydrogens is 294 g/mol. The van der Waals surface area contributed by atoms with Gasteiger partial charge in [-0.1, -0.05) is 19.4 Å². The van der Waals surface area contributed by atoms with Gasteiger partial charge in [-0.3, -0.25) is 0 Å². The third-order valence-electron chi connectivity index (χ3n) is 3.29. The molecule has 6 nitrogen and oxygen atoms in total. The summed E-state index contributed by atoms with van der Waals surface area (Å²) < 4.78 is 36.2. The highest BCUT2D eigenvalue weighted by Crippen LogP contribution is 2.34. The number of aliphatic hydroxyl groups excluding tert-OH is 1. The summed E-state index contributed by atoms with van der Waals surface area (Å²) in [7, 11) is -3.24. The molecule has 0 spiro atoms. The molecule has 118 valence electrons. The summed E-state index contributed by atoms with van der Waals surface area (Å²) in [5, 5.41) is 10.1. The van der Waals surface area contributed by atoms with Crippen LogP contribution >= 0.6 is 0 Å². The lowest BCUT2D eigenvalue weighted by molar-refractivity contribution is 0.166. The lowest BCUT2D eigenvalue weighted by Crippen LogP contribution is -2.28. The Morgan fingerprint density at radius 3 is 2.86 bits per heavy atom. The summed E-state index contributed by atoms with van der Waals surface area (Å²) >= 11 is 0. The minimum absolute atomic E-state index is 0.129. The molecule has 2 N–H and O–H groups in total. The Bertz CT molecular complexity index is 573. The number of unbranched alkanes of at least 4 members (excludes halogenated alkanes) is 1. The van der Waals surface area contributed by atoms with E-state index in [-0.39, 0.29) is 19.1 Å². The van der Waals surface area contributed by atoms with Gasteiger partial charge in [0.1, 0.15) is 0 Å². The van der Waals surface area contributed by atoms with Crippen LogP contribution in [0.3, 0.4) is 0 Å². The van der Waals surface area contributed by atoms with Crippen molar-refractivity contribution >= 4 is 10.0 Å². The van der Waals surface area contributed by atoms with Crippen LogP contribution in [-0.4, -0.2) is 32.6 Å². The zero-order valence-electron chi connectivity index (χ0n) is 12.0. The second-order valence-electron chi connectivity index (χ2n) is 4.98. The molecule has 2 rings (SSSR count). The van der Waals surface area contributed by atoms with Gasteiger partial charge in [-0.15, -0.1) is 0 Å². The molecule has 1 aromatic carbocycles. The van der Waals surface area contributed by atoms with Crippen LogP contribution in [0.1, 0.15) is 37.9 Å². The van der Waals surface area contributed by atoms with Gasteiger partial charge in [-0.25, -0.2) is 13.1 Å². The summed E-state index contributed by atoms with van der Waals surface area (Å²) in [4.78, 5) is 0. The smallest absolute Gasteiger partial charge is 0.231 e. The first kappa shape index (κ1) is 16.1. The van der Waals surface area contributed by atoms with E-state index in [0.29, 0.717) is 29.9 Å². The molecule has 7 heteroatoms. The van der Waals surface area contributed by atoms with Crippen LogP contribution in [0.5, 0.6) is 11.5 Å². The van der Waals surface area contributed by atoms with Crippen molar-refractivity contribution in [3.63, 3.8) is 0 Å². The molecule has 21 heavy (non-hydrogen) atoms. The molecule has 0 fully saturated rings. The van der Waals surface area contributed by atoms with Crippen LogP contribution in [0.4, 0.5) is 0 Å². The molecule has 1 aliphatic rings. The minimum Gasteiger partial charge on any atom is -0.454 e. The Balaban J connectivity index is 1.83. The van der Waals surface area contributed by atoms with Gasteiger partial charge in [-0.05, 0) is 30.5 Å². The highest BCUT2D eigenvalue weighted by Gasteiger charge is 2.17. The van der Waals surface area contributed by atoms with Gasteiger partial charge in [-0.2, -0.15) is 0 Å². The molecule has 1 atom stereocenters. The maximum absolute atomic E-state index is 11.6. The number of sulfonamides is 1. The fraction of sp³-hybridized carbons (Fsp3) is 0.571. The first-order valence-corrected chi connectivity index (χ1v) is 8.72. The fourth-order valence-electron chi connectivity index (χ4n) is 2.04. The predicted octanol–water partition coefficient (Wildman–Crippen LogP) is 1.56. The largest absolute Gasteiger partial charge is 0.454 e. The standard InChI is InChI=1S/C14H21NO5S/c1-2-3-8-21(17,18)15-7-6-12(16)11-4-5-13-14(9-11)20-10-19-13/h4-5,9,12,15-16H,2-3,6-8,10H2,1H3. The Labute approximate surface area is 125 Å². The van der Waals surface area contributed by atoms with E-state index in [4.69, 9.17) is 9.47 Å². The summed E-state index contributed by atoms with van der Waals surface area (Å²) in [6.07, 6.45) is 1.04. The second-order valence-corrected chi connectivity index (χ2v) is 6.91. The highest BCUT2D eigenvalue weighted by molar-refractivity contribution is 7.89. The fourth-order valence-corrected chi connectivity index (χ4v) is 3.29. The van der Waals surface area contributed by atoms with Crippen LogP contribution in [0.25, 0.3) is 0 Å². The minimum atomic E-state index is -3.24. The summed E-state index contributed by atoms with van der Waals surface area (Å²) in [5.41, 5.74) is 0.687. The van der Waals surface area contributed by atoms with Crippen LogP contribution in [0, 0.1) is 0 Å². The molecule has 1 aliphatic heterocycles. The maximum Gasteiger partial charge on any atom is 0.231 e. The first-order chi connectivity index (χ1) is 10.0. The van der Waals surface area contributed by atoms with Gasteiger partial charge in [0, 0.05) is 6.54 Å². The number of nitrogens with one attached hydrogen (secondary N) is 1. The van der Waals surface area contributed by atoms with Crippen LogP contribution in [0.2, 0.25) is 0 Å². The van der Waals surface area contributed by atoms with Crippen molar-refractivity contribution in [3.8, 4) is 11.5 Å². The van der Waals surface area contributed by atoms with E-state index in [1.807, 2.05) is 6.92 Å². The Hall–Kier alpha value is -1.31. The molecule has 0 radical (unpaired) electrons. The quantitative estimate of drug-likeness (QED) is 0.760. The number of aliphatic hydroxyl groups is 1. The van der Waals surface area contributed by atoms with Gasteiger partial charge < -0.3 is 14.6 Å². The molecule has 0 amide bonds. The lowest BCUT2D eigenvalue weighted by Gasteiger charge is -2.12. The molecule has 0 saturated heterocycles. The topological polar surface area (TPSA) is 84.9 Å². The molecule has 0 saturated carbocycles. The van der Waals surface area contributed by atoms with Crippen molar-refractivity contribution in [2.75, 3.05) is 19.1 Å². The van der Waals surface area contributed by atoms with Crippen molar-refractivity contribution in [3.05, 3.63) is 23.8 Å². The number of hydrogen-bond acceptors (Lipinski definition) is 5. The van der Waals surface area contributed by atoms with E-state index in [1.165, 1.54) is 0 Å². The second kappa shape index (κ2) is 7.11. The average Bonchev–Trinajstić information content (AvgIpc) is 2.92. The summed E-state index contributed by atoms with van der Waals surface area (Å²) in [6.45, 7) is 2.34. The normalized spacial score (nSPS) is 15.1. The van der Waals surface area contributed by atoms with Gasteiger partial charge in [0.15, 0.2) is 11.5 Å². The maximum atomic E-state index is 11.6. The Morgan fingerprint density at radius 2 is 2.10 bits per heavy atom. The number of ether oxygens (including phenoxy) is 2. The van der Waals surface area contributed by atoms with E-state index in [2.05, 4.69) is 4.72 Å². The van der Waals surface area contributed by atoms with E-state index in [9.17, 15) is 13.5 Å². The Kier molecular flexibility index (Phi) is 5.44. The zero-order valence-corrected chi connectivity index (χ0v) is 12.9. The van der Waals surface area contributed by atoms with Crippen molar-refractivity contribution in [1.82, 2.24) is 4.72 Å². The average molecular weight is 315 g/mol. The molecule has 1 heterocycles. The number of benzene rings is 1. The number of fused-ring (bicyclic) bond motifs is 1. The zero-order chi connectivity index (χ0) is 15.3. The predicted molar refractivity (Wildman–Crippen MR) is 78.8 cm³/mol. The number of hydrogen-bond donors (Lipinski definition) is 2. The van der Waals surface area contributed by atoms with Crippen LogP contribution in [0.15, 0.2) is 18.2 Å². The molecule has 0 aromatic heterocycles. The summed E-state index contributed by atoms with van der Waals surface area (Å²) in [6, 6.07) is 5.22. The van der Waals surface area contributed by atoms with E-state index in [0.717, 1.165) is 6.42 Å². The van der Waals surface area contributed by atoms with Crippen LogP contribution < -0.4 is 14.2 Å². The number of rotatable bonds is 8. The van der Waals surface area contributed by atoms with Gasteiger partial charge >= 0.3 is 0 Å². The van der Waals surface area contributed by atoms with E-state index < -0.39 is 16.1 Å². The third kappa shape index (κ3) is 4.59. The molecule has 0 aliphatic carbocycles.